The maximum absolute atomic E-state index is 14.3. The van der Waals surface area contributed by atoms with Gasteiger partial charge >= 0.3 is 18.3 Å². The molecule has 10 heteroatoms. The zero-order valence-electron chi connectivity index (χ0n) is 22.4. The molecule has 0 bridgehead atoms. The van der Waals surface area contributed by atoms with Crippen molar-refractivity contribution < 1.29 is 41.0 Å². The minimum Gasteiger partial charge on any atom is -0.490 e. The predicted molar refractivity (Wildman–Crippen MR) is 135 cm³/mol. The van der Waals surface area contributed by atoms with Gasteiger partial charge in [0, 0.05) is 12.1 Å². The monoisotopic (exact) mass is 559 g/mol. The van der Waals surface area contributed by atoms with E-state index in [1.165, 1.54) is 12.1 Å². The van der Waals surface area contributed by atoms with Crippen molar-refractivity contribution in [2.45, 2.75) is 90.3 Å². The number of hydrogen-bond acceptors (Lipinski definition) is 3. The maximum atomic E-state index is 14.3. The van der Waals surface area contributed by atoms with Crippen LogP contribution in [-0.2, 0) is 11.0 Å². The number of hydrogen-bond donors (Lipinski definition) is 2. The Labute approximate surface area is 224 Å². The summed E-state index contributed by atoms with van der Waals surface area (Å²) in [5.74, 6) is -3.03. The molecule has 4 rings (SSSR count). The number of fused-ring (bicyclic) bond motifs is 1. The lowest BCUT2D eigenvalue weighted by atomic mass is 9.58. The van der Waals surface area contributed by atoms with E-state index in [0.29, 0.717) is 11.8 Å². The molecular weight excluding hydrogens is 524 g/mol. The Morgan fingerprint density at radius 2 is 1.67 bits per heavy atom. The van der Waals surface area contributed by atoms with Crippen LogP contribution in [0.1, 0.15) is 77.0 Å². The predicted octanol–water partition coefficient (Wildman–Crippen LogP) is 8.14. The number of carboxylic acids is 1. The molecule has 39 heavy (non-hydrogen) atoms. The van der Waals surface area contributed by atoms with Gasteiger partial charge in [-0.25, -0.2) is 0 Å². The summed E-state index contributed by atoms with van der Waals surface area (Å²) in [6.45, 7) is 7.79. The van der Waals surface area contributed by atoms with E-state index in [2.05, 4.69) is 5.32 Å². The summed E-state index contributed by atoms with van der Waals surface area (Å²) in [6, 6.07) is 7.32. The number of rotatable bonds is 7. The largest absolute Gasteiger partial charge is 0.490 e. The highest BCUT2D eigenvalue weighted by molar-refractivity contribution is 5.89. The van der Waals surface area contributed by atoms with Gasteiger partial charge in [0.15, 0.2) is 0 Å². The Kier molecular flexibility index (Phi) is 7.93. The molecule has 216 valence electrons. The third-order valence-corrected chi connectivity index (χ3v) is 8.69. The van der Waals surface area contributed by atoms with E-state index < -0.39 is 47.2 Å². The number of halogens is 6. The number of nitrogens with one attached hydrogen (secondary N) is 1. The quantitative estimate of drug-likeness (QED) is 0.336. The van der Waals surface area contributed by atoms with Crippen LogP contribution < -0.4 is 10.1 Å². The van der Waals surface area contributed by atoms with E-state index in [0.717, 1.165) is 5.56 Å². The molecule has 2 saturated carbocycles. The zero-order chi connectivity index (χ0) is 28.9. The summed E-state index contributed by atoms with van der Waals surface area (Å²) in [5, 5.41) is 13.3. The molecule has 0 aromatic heterocycles. The van der Waals surface area contributed by atoms with Crippen molar-refractivity contribution in [3.63, 3.8) is 0 Å². The van der Waals surface area contributed by atoms with Gasteiger partial charge in [-0.1, -0.05) is 45.9 Å². The highest BCUT2D eigenvalue weighted by atomic mass is 19.4. The number of aliphatic carboxylic acids is 1. The summed E-state index contributed by atoms with van der Waals surface area (Å²) in [6.07, 6.45) is -9.52. The minimum absolute atomic E-state index is 0.0369. The molecule has 2 fully saturated rings. The van der Waals surface area contributed by atoms with Crippen molar-refractivity contribution >= 4 is 16.7 Å². The number of benzene rings is 2. The van der Waals surface area contributed by atoms with E-state index >= 15 is 0 Å². The Bertz CT molecular complexity index is 1200. The Balaban J connectivity index is 1.59. The van der Waals surface area contributed by atoms with E-state index in [-0.39, 0.29) is 54.8 Å². The van der Waals surface area contributed by atoms with E-state index in [4.69, 9.17) is 4.74 Å². The van der Waals surface area contributed by atoms with Gasteiger partial charge in [0.05, 0.1) is 17.9 Å². The van der Waals surface area contributed by atoms with Crippen LogP contribution >= 0.6 is 0 Å². The molecule has 2 N–H and O–H groups in total. The lowest BCUT2D eigenvalue weighted by Gasteiger charge is -2.52. The molecular formula is C29H35F6NO3. The fourth-order valence-electron chi connectivity index (χ4n) is 6.12. The molecule has 2 aromatic carbocycles. The molecule has 4 nitrogen and oxygen atoms in total. The lowest BCUT2D eigenvalue weighted by molar-refractivity contribution is -0.185. The second kappa shape index (κ2) is 10.5. The molecule has 0 amide bonds. The first-order chi connectivity index (χ1) is 18.0. The van der Waals surface area contributed by atoms with Crippen LogP contribution in [0.4, 0.5) is 26.3 Å². The fraction of sp³-hybridized carbons (Fsp3) is 0.621. The van der Waals surface area contributed by atoms with Crippen LogP contribution in [0.25, 0.3) is 10.8 Å². The van der Waals surface area contributed by atoms with Crippen molar-refractivity contribution in [2.24, 2.45) is 23.2 Å². The molecule has 0 saturated heterocycles. The second-order valence-electron chi connectivity index (χ2n) is 11.9. The smallest absolute Gasteiger partial charge is 0.420 e. The molecule has 3 atom stereocenters. The summed E-state index contributed by atoms with van der Waals surface area (Å²) in [4.78, 5) is 11.5. The van der Waals surface area contributed by atoms with Crippen molar-refractivity contribution in [2.75, 3.05) is 0 Å². The van der Waals surface area contributed by atoms with Gasteiger partial charge in [-0.3, -0.25) is 4.79 Å². The lowest BCUT2D eigenvalue weighted by Crippen LogP contribution is -2.60. The standard InChI is InChI=1S/C29H35F6NO3/c1-15(2)25(36-23-14-21(26(37)38)27(23,3)4)17-5-11-20-16(13-17)6-12-22(24(20)29(33,34)35)39-19-9-7-18(8-10-19)28(30,31)32/h5-6,11-13,15,18-19,21,23,25,36H,7-10,14H2,1-4H3,(H,37,38). The van der Waals surface area contributed by atoms with E-state index in [9.17, 15) is 36.2 Å². The van der Waals surface area contributed by atoms with Crippen LogP contribution in [0.15, 0.2) is 30.3 Å². The molecule has 0 spiro atoms. The Morgan fingerprint density at radius 3 is 2.18 bits per heavy atom. The summed E-state index contributed by atoms with van der Waals surface area (Å²) in [5.41, 5.74) is -0.604. The third-order valence-electron chi connectivity index (χ3n) is 8.69. The first kappa shape index (κ1) is 29.5. The SMILES string of the molecule is CC(C)C(NC1CC(C(=O)O)C1(C)C)c1ccc2c(C(F)(F)F)c(OC3CCC(C(F)(F)F)CC3)ccc2c1. The maximum Gasteiger partial charge on any atom is 0.420 e. The van der Waals surface area contributed by atoms with Crippen LogP contribution in [0.2, 0.25) is 0 Å². The van der Waals surface area contributed by atoms with Gasteiger partial charge in [0.25, 0.3) is 0 Å². The average Bonchev–Trinajstić information content (AvgIpc) is 2.81. The third kappa shape index (κ3) is 6.00. The van der Waals surface area contributed by atoms with Gasteiger partial charge in [-0.05, 0) is 71.9 Å². The van der Waals surface area contributed by atoms with Crippen LogP contribution in [0, 0.1) is 23.2 Å². The second-order valence-corrected chi connectivity index (χ2v) is 11.9. The normalized spacial score (nSPS) is 26.3. The average molecular weight is 560 g/mol. The summed E-state index contributed by atoms with van der Waals surface area (Å²) >= 11 is 0. The van der Waals surface area contributed by atoms with E-state index in [1.54, 1.807) is 18.2 Å². The van der Waals surface area contributed by atoms with Crippen molar-refractivity contribution in [3.8, 4) is 5.75 Å². The number of ether oxygens (including phenoxy) is 1. The first-order valence-electron chi connectivity index (χ1n) is 13.4. The fourth-order valence-corrected chi connectivity index (χ4v) is 6.12. The molecule has 2 aliphatic carbocycles. The number of carboxylic acid groups (broad SMARTS) is 1. The molecule has 0 radical (unpaired) electrons. The van der Waals surface area contributed by atoms with Crippen molar-refractivity contribution in [3.05, 3.63) is 41.5 Å². The van der Waals surface area contributed by atoms with Crippen LogP contribution in [0.3, 0.4) is 0 Å². The molecule has 2 aliphatic rings. The van der Waals surface area contributed by atoms with Gasteiger partial charge < -0.3 is 15.2 Å². The Hall–Kier alpha value is -2.49. The molecule has 0 aliphatic heterocycles. The number of carbonyl (C=O) groups is 1. The minimum atomic E-state index is -4.73. The van der Waals surface area contributed by atoms with Gasteiger partial charge in [-0.15, -0.1) is 0 Å². The van der Waals surface area contributed by atoms with Crippen molar-refractivity contribution in [1.29, 1.82) is 0 Å². The highest BCUT2D eigenvalue weighted by Crippen LogP contribution is 2.48. The number of alkyl halides is 6. The molecule has 2 aromatic rings. The summed E-state index contributed by atoms with van der Waals surface area (Å²) in [7, 11) is 0. The topological polar surface area (TPSA) is 58.6 Å². The van der Waals surface area contributed by atoms with Crippen molar-refractivity contribution in [1.82, 2.24) is 5.32 Å². The highest BCUT2D eigenvalue weighted by Gasteiger charge is 2.52. The van der Waals surface area contributed by atoms with Gasteiger partial charge in [-0.2, -0.15) is 26.3 Å². The Morgan fingerprint density at radius 1 is 1.03 bits per heavy atom. The molecule has 3 unspecified atom stereocenters. The van der Waals surface area contributed by atoms with Crippen LogP contribution in [-0.4, -0.2) is 29.4 Å². The van der Waals surface area contributed by atoms with Crippen LogP contribution in [0.5, 0.6) is 5.75 Å². The first-order valence-corrected chi connectivity index (χ1v) is 13.4. The van der Waals surface area contributed by atoms with Gasteiger partial charge in [0.1, 0.15) is 11.3 Å². The van der Waals surface area contributed by atoms with Gasteiger partial charge in [0.2, 0.25) is 0 Å². The van der Waals surface area contributed by atoms with E-state index in [1.807, 2.05) is 27.7 Å². The molecule has 0 heterocycles. The summed E-state index contributed by atoms with van der Waals surface area (Å²) < 4.78 is 87.4. The zero-order valence-corrected chi connectivity index (χ0v) is 22.4.